The summed E-state index contributed by atoms with van der Waals surface area (Å²) in [7, 11) is 1.96. The van der Waals surface area contributed by atoms with Crippen molar-refractivity contribution >= 4 is 11.8 Å². The summed E-state index contributed by atoms with van der Waals surface area (Å²) < 4.78 is 13.5. The van der Waals surface area contributed by atoms with E-state index in [4.69, 9.17) is 0 Å². The second-order valence-corrected chi connectivity index (χ2v) is 6.83. The molecule has 1 aromatic carbocycles. The van der Waals surface area contributed by atoms with E-state index in [1.54, 1.807) is 12.1 Å². The molecule has 1 aliphatic rings. The van der Waals surface area contributed by atoms with Crippen LogP contribution in [0.5, 0.6) is 0 Å². The van der Waals surface area contributed by atoms with Gasteiger partial charge >= 0.3 is 0 Å². The Morgan fingerprint density at radius 3 is 2.63 bits per heavy atom. The summed E-state index contributed by atoms with van der Waals surface area (Å²) in [5.41, 5.74) is 2.07. The number of hydrogen-bond donors (Lipinski definition) is 1. The summed E-state index contributed by atoms with van der Waals surface area (Å²) in [6.07, 6.45) is 6.85. The van der Waals surface area contributed by atoms with Crippen molar-refractivity contribution in [2.24, 2.45) is 0 Å². The van der Waals surface area contributed by atoms with E-state index in [1.807, 2.05) is 14.0 Å². The predicted molar refractivity (Wildman–Crippen MR) is 82.3 cm³/mol. The van der Waals surface area contributed by atoms with Gasteiger partial charge in [-0.2, -0.15) is 11.8 Å². The van der Waals surface area contributed by atoms with Crippen LogP contribution in [0.25, 0.3) is 0 Å². The molecular formula is C16H24FNS. The summed E-state index contributed by atoms with van der Waals surface area (Å²) in [4.78, 5) is 0. The number of hydrogen-bond acceptors (Lipinski definition) is 2. The molecule has 1 nitrogen and oxygen atoms in total. The van der Waals surface area contributed by atoms with E-state index in [0.29, 0.717) is 0 Å². The highest BCUT2D eigenvalue weighted by Crippen LogP contribution is 2.31. The lowest BCUT2D eigenvalue weighted by Crippen LogP contribution is -2.21. The third-order valence-corrected chi connectivity index (χ3v) is 5.33. The molecule has 0 bridgehead atoms. The van der Waals surface area contributed by atoms with E-state index in [-0.39, 0.29) is 11.9 Å². The minimum atomic E-state index is -0.127. The maximum atomic E-state index is 13.5. The quantitative estimate of drug-likeness (QED) is 0.855. The van der Waals surface area contributed by atoms with Gasteiger partial charge in [0.2, 0.25) is 0 Å². The van der Waals surface area contributed by atoms with Crippen LogP contribution in [0.4, 0.5) is 4.39 Å². The Hall–Kier alpha value is -0.540. The van der Waals surface area contributed by atoms with Crippen LogP contribution in [0, 0.1) is 12.7 Å². The smallest absolute Gasteiger partial charge is 0.123 e. The fraction of sp³-hybridized carbons (Fsp3) is 0.625. The first-order chi connectivity index (χ1) is 9.19. The van der Waals surface area contributed by atoms with Crippen LogP contribution < -0.4 is 5.32 Å². The summed E-state index contributed by atoms with van der Waals surface area (Å²) >= 11 is 2.05. The molecule has 19 heavy (non-hydrogen) atoms. The highest BCUT2D eigenvalue weighted by atomic mass is 32.2. The normalized spacial score (nSPS) is 18.5. The Morgan fingerprint density at radius 2 is 2.00 bits per heavy atom. The molecule has 1 N–H and O–H groups in total. The molecule has 106 valence electrons. The highest BCUT2D eigenvalue weighted by Gasteiger charge is 2.17. The van der Waals surface area contributed by atoms with Gasteiger partial charge in [-0.3, -0.25) is 0 Å². The van der Waals surface area contributed by atoms with Crippen molar-refractivity contribution in [3.8, 4) is 0 Å². The number of benzene rings is 1. The first-order valence-corrected chi connectivity index (χ1v) is 8.30. The third kappa shape index (κ3) is 4.50. The van der Waals surface area contributed by atoms with E-state index in [1.165, 1.54) is 32.1 Å². The lowest BCUT2D eigenvalue weighted by Gasteiger charge is -2.24. The molecule has 1 aliphatic carbocycles. The van der Waals surface area contributed by atoms with Crippen molar-refractivity contribution in [3.05, 3.63) is 35.1 Å². The number of rotatable bonds is 5. The lowest BCUT2D eigenvalue weighted by molar-refractivity contribution is 0.514. The fourth-order valence-corrected chi connectivity index (χ4v) is 4.27. The molecule has 1 aromatic rings. The zero-order chi connectivity index (χ0) is 13.7. The number of thioether (sulfide) groups is 1. The van der Waals surface area contributed by atoms with Crippen LogP contribution >= 0.6 is 11.8 Å². The van der Waals surface area contributed by atoms with Crippen LogP contribution in [0.15, 0.2) is 18.2 Å². The average Bonchev–Trinajstić information content (AvgIpc) is 2.39. The van der Waals surface area contributed by atoms with E-state index in [0.717, 1.165) is 22.1 Å². The summed E-state index contributed by atoms with van der Waals surface area (Å²) in [6, 6.07) is 5.59. The zero-order valence-electron chi connectivity index (χ0n) is 11.9. The Morgan fingerprint density at radius 1 is 1.26 bits per heavy atom. The molecule has 1 saturated carbocycles. The Labute approximate surface area is 120 Å². The van der Waals surface area contributed by atoms with Crippen molar-refractivity contribution < 1.29 is 4.39 Å². The molecule has 1 unspecified atom stereocenters. The van der Waals surface area contributed by atoms with Gasteiger partial charge in [-0.1, -0.05) is 25.3 Å². The second kappa shape index (κ2) is 7.30. The molecule has 0 saturated heterocycles. The largest absolute Gasteiger partial charge is 0.312 e. The molecule has 2 rings (SSSR count). The molecule has 3 heteroatoms. The summed E-state index contributed by atoms with van der Waals surface area (Å²) in [5, 5.41) is 4.13. The average molecular weight is 281 g/mol. The lowest BCUT2D eigenvalue weighted by atomic mass is 10.0. The molecule has 1 fully saturated rings. The third-order valence-electron chi connectivity index (χ3n) is 3.87. The van der Waals surface area contributed by atoms with Crippen molar-refractivity contribution in [1.29, 1.82) is 0 Å². The molecule has 0 spiro atoms. The van der Waals surface area contributed by atoms with E-state index < -0.39 is 0 Å². The van der Waals surface area contributed by atoms with Crippen LogP contribution in [0.3, 0.4) is 0 Å². The van der Waals surface area contributed by atoms with Crippen LogP contribution in [0.1, 0.15) is 49.3 Å². The molecule has 0 amide bonds. The van der Waals surface area contributed by atoms with E-state index in [2.05, 4.69) is 23.1 Å². The van der Waals surface area contributed by atoms with Gasteiger partial charge < -0.3 is 5.32 Å². The maximum absolute atomic E-state index is 13.5. The van der Waals surface area contributed by atoms with Crippen LogP contribution in [0.2, 0.25) is 0 Å². The zero-order valence-corrected chi connectivity index (χ0v) is 12.7. The molecule has 1 atom stereocenters. The molecule has 0 radical (unpaired) electrons. The van der Waals surface area contributed by atoms with Gasteiger partial charge in [-0.15, -0.1) is 0 Å². The maximum Gasteiger partial charge on any atom is 0.123 e. The molecule has 0 aliphatic heterocycles. The van der Waals surface area contributed by atoms with Gasteiger partial charge in [-0.25, -0.2) is 4.39 Å². The molecule has 0 aromatic heterocycles. The minimum absolute atomic E-state index is 0.127. The van der Waals surface area contributed by atoms with Gasteiger partial charge in [0.15, 0.2) is 0 Å². The highest BCUT2D eigenvalue weighted by molar-refractivity contribution is 7.99. The number of nitrogens with one attached hydrogen (secondary N) is 1. The van der Waals surface area contributed by atoms with Crippen molar-refractivity contribution in [2.75, 3.05) is 12.8 Å². The van der Waals surface area contributed by atoms with E-state index in [9.17, 15) is 4.39 Å². The monoisotopic (exact) mass is 281 g/mol. The van der Waals surface area contributed by atoms with Crippen molar-refractivity contribution in [3.63, 3.8) is 0 Å². The topological polar surface area (TPSA) is 12.0 Å². The van der Waals surface area contributed by atoms with Gasteiger partial charge in [0.25, 0.3) is 0 Å². The van der Waals surface area contributed by atoms with E-state index >= 15 is 0 Å². The van der Waals surface area contributed by atoms with Crippen molar-refractivity contribution in [2.45, 2.75) is 50.3 Å². The summed E-state index contributed by atoms with van der Waals surface area (Å²) in [5.74, 6) is 0.905. The standard InChI is InChI=1S/C16H24FNS/c1-12-8-13(10-14(17)9-12)16(18-2)11-19-15-6-4-3-5-7-15/h8-10,15-16,18H,3-7,11H2,1-2H3. The Kier molecular flexibility index (Phi) is 5.71. The Balaban J connectivity index is 1.95. The predicted octanol–water partition coefficient (Wildman–Crippen LogP) is 4.46. The minimum Gasteiger partial charge on any atom is -0.312 e. The van der Waals surface area contributed by atoms with Gasteiger partial charge in [0, 0.05) is 17.0 Å². The molecule has 0 heterocycles. The number of aryl methyl sites for hydroxylation is 1. The van der Waals surface area contributed by atoms with Gasteiger partial charge in [0.05, 0.1) is 0 Å². The van der Waals surface area contributed by atoms with Crippen molar-refractivity contribution in [1.82, 2.24) is 5.32 Å². The van der Waals surface area contributed by atoms with Crippen LogP contribution in [-0.2, 0) is 0 Å². The Bertz CT molecular complexity index is 381. The summed E-state index contributed by atoms with van der Waals surface area (Å²) in [6.45, 7) is 1.95. The van der Waals surface area contributed by atoms with Gasteiger partial charge in [-0.05, 0) is 50.1 Å². The fourth-order valence-electron chi connectivity index (χ4n) is 2.78. The first-order valence-electron chi connectivity index (χ1n) is 7.25. The van der Waals surface area contributed by atoms with Crippen LogP contribution in [-0.4, -0.2) is 18.1 Å². The first kappa shape index (κ1) is 14.9. The number of halogens is 1. The van der Waals surface area contributed by atoms with Gasteiger partial charge in [0.1, 0.15) is 5.82 Å². The molecular weight excluding hydrogens is 257 g/mol. The second-order valence-electron chi connectivity index (χ2n) is 5.50. The SMILES string of the molecule is CNC(CSC1CCCCC1)c1cc(C)cc(F)c1.